The van der Waals surface area contributed by atoms with Gasteiger partial charge in [0.15, 0.2) is 0 Å². The first-order valence-electron chi connectivity index (χ1n) is 20.1. The van der Waals surface area contributed by atoms with Crippen molar-refractivity contribution in [2.24, 2.45) is 11.8 Å². The number of methoxy groups -OCH3 is 1. The van der Waals surface area contributed by atoms with Crippen molar-refractivity contribution in [3.05, 3.63) is 129 Å². The summed E-state index contributed by atoms with van der Waals surface area (Å²) in [5.74, 6) is 1.02. The minimum absolute atomic E-state index is 0.0387. The van der Waals surface area contributed by atoms with Gasteiger partial charge in [0, 0.05) is 37.2 Å². The number of ether oxygens (including phenoxy) is 2. The maximum Gasteiger partial charge on any atom is 0.0804 e. The van der Waals surface area contributed by atoms with Crippen LogP contribution in [0.4, 0.5) is 5.69 Å². The molecule has 3 unspecified atom stereocenters. The Bertz CT molecular complexity index is 1890. The Kier molecular flexibility index (Phi) is 11.5. The second-order valence-corrected chi connectivity index (χ2v) is 16.2. The number of fused-ring (bicyclic) bond motifs is 4. The second-order valence-electron chi connectivity index (χ2n) is 16.2. The third-order valence-electron chi connectivity index (χ3n) is 12.7. The molecule has 4 atom stereocenters. The van der Waals surface area contributed by atoms with Crippen molar-refractivity contribution in [1.82, 2.24) is 0 Å². The molecule has 0 saturated heterocycles. The molecule has 3 heteroatoms. The summed E-state index contributed by atoms with van der Waals surface area (Å²) < 4.78 is 13.4. The molecule has 1 aliphatic heterocycles. The highest BCUT2D eigenvalue weighted by Gasteiger charge is 2.39. The fraction of sp³-hybridized carbons (Fsp3) is 0.469. The van der Waals surface area contributed by atoms with Crippen molar-refractivity contribution < 1.29 is 9.47 Å². The molecule has 276 valence electrons. The van der Waals surface area contributed by atoms with Crippen molar-refractivity contribution in [2.45, 2.75) is 124 Å². The quantitative estimate of drug-likeness (QED) is 0.131. The van der Waals surface area contributed by atoms with Gasteiger partial charge in [-0.2, -0.15) is 0 Å². The van der Waals surface area contributed by atoms with E-state index in [0.29, 0.717) is 11.8 Å². The zero-order valence-electron chi connectivity index (χ0n) is 33.8. The van der Waals surface area contributed by atoms with Crippen LogP contribution in [0.3, 0.4) is 0 Å². The summed E-state index contributed by atoms with van der Waals surface area (Å²) in [6, 6.07) is 30.0. The zero-order valence-corrected chi connectivity index (χ0v) is 33.8. The monoisotopic (exact) mass is 697 g/mol. The molecule has 0 bridgehead atoms. The van der Waals surface area contributed by atoms with Crippen LogP contribution in [0.2, 0.25) is 0 Å². The van der Waals surface area contributed by atoms with Crippen molar-refractivity contribution in [2.75, 3.05) is 19.1 Å². The predicted octanol–water partition coefficient (Wildman–Crippen LogP) is 13.0. The summed E-state index contributed by atoms with van der Waals surface area (Å²) in [6.07, 6.45) is 8.15. The number of aryl methyl sites for hydroxylation is 2. The van der Waals surface area contributed by atoms with Crippen molar-refractivity contribution in [1.29, 1.82) is 0 Å². The van der Waals surface area contributed by atoms with Gasteiger partial charge in [-0.15, -0.1) is 0 Å². The van der Waals surface area contributed by atoms with Gasteiger partial charge < -0.3 is 14.4 Å². The highest BCUT2D eigenvalue weighted by atomic mass is 16.5. The van der Waals surface area contributed by atoms with Crippen LogP contribution in [0, 0.1) is 25.7 Å². The zero-order chi connectivity index (χ0) is 37.3. The van der Waals surface area contributed by atoms with E-state index in [1.807, 2.05) is 7.11 Å². The molecule has 0 spiro atoms. The molecule has 0 aromatic heterocycles. The standard InChI is InChI=1S/C49H63NO2/c1-12-34(13-2)47(51-11)30-48(35(14-3)15-4)52-33(7)37-24-23-32(6)26-41(37)45-28-39(36-20-18-19-31(5)25-36)42-27-40-38-21-16-17-22-43(38)49(8,9)44(40)29-46(42)50(45)10/h16-29,33-35,45,47-48H,12-15,30H2,1-11H3/t33-,45?,47?,48?/m0/s1. The first kappa shape index (κ1) is 38.1. The normalized spacial score (nSPS) is 17.8. The van der Waals surface area contributed by atoms with E-state index in [9.17, 15) is 0 Å². The van der Waals surface area contributed by atoms with Crippen LogP contribution < -0.4 is 4.90 Å². The largest absolute Gasteiger partial charge is 0.381 e. The molecular formula is C49H63NO2. The highest BCUT2D eigenvalue weighted by molar-refractivity contribution is 5.95. The summed E-state index contributed by atoms with van der Waals surface area (Å²) in [7, 11) is 4.18. The maximum absolute atomic E-state index is 7.26. The Hall–Kier alpha value is -3.66. The van der Waals surface area contributed by atoms with Gasteiger partial charge in [-0.3, -0.25) is 0 Å². The second kappa shape index (κ2) is 15.7. The third kappa shape index (κ3) is 7.04. The first-order valence-corrected chi connectivity index (χ1v) is 20.1. The Morgan fingerprint density at radius 1 is 0.712 bits per heavy atom. The lowest BCUT2D eigenvalue weighted by molar-refractivity contribution is -0.0777. The molecule has 2 aliphatic rings. The molecule has 4 aromatic carbocycles. The number of anilines is 1. The lowest BCUT2D eigenvalue weighted by Crippen LogP contribution is -2.34. The molecule has 0 saturated carbocycles. The van der Waals surface area contributed by atoms with Crippen molar-refractivity contribution >= 4 is 11.3 Å². The predicted molar refractivity (Wildman–Crippen MR) is 221 cm³/mol. The van der Waals surface area contributed by atoms with E-state index in [1.54, 1.807) is 0 Å². The summed E-state index contributed by atoms with van der Waals surface area (Å²) in [6.45, 7) is 20.7. The van der Waals surface area contributed by atoms with Crippen LogP contribution in [0.15, 0.2) is 84.9 Å². The van der Waals surface area contributed by atoms with E-state index < -0.39 is 0 Å². The van der Waals surface area contributed by atoms with E-state index in [2.05, 4.69) is 159 Å². The SMILES string of the molecule is CCC(CC)C(CC(O[C@@H](C)c1ccc(C)cc1C1C=C(c2cccc(C)c2)c2cc3c(cc2N1C)C(C)(C)c1ccccc1-3)C(CC)CC)OC. The van der Waals surface area contributed by atoms with E-state index in [1.165, 1.54) is 66.9 Å². The van der Waals surface area contributed by atoms with E-state index in [-0.39, 0.29) is 29.8 Å². The lowest BCUT2D eigenvalue weighted by atomic mass is 9.80. The van der Waals surface area contributed by atoms with Crippen LogP contribution in [-0.2, 0) is 14.9 Å². The summed E-state index contributed by atoms with van der Waals surface area (Å²) in [5.41, 5.74) is 15.8. The fourth-order valence-corrected chi connectivity index (χ4v) is 9.47. The molecule has 4 aromatic rings. The molecule has 0 radical (unpaired) electrons. The third-order valence-corrected chi connectivity index (χ3v) is 12.7. The highest BCUT2D eigenvalue weighted by Crippen LogP contribution is 2.54. The van der Waals surface area contributed by atoms with Gasteiger partial charge in [0.2, 0.25) is 0 Å². The average molecular weight is 698 g/mol. The van der Waals surface area contributed by atoms with Gasteiger partial charge in [0.25, 0.3) is 0 Å². The van der Waals surface area contributed by atoms with Gasteiger partial charge in [-0.1, -0.05) is 145 Å². The minimum atomic E-state index is -0.0719. The Morgan fingerprint density at radius 2 is 1.38 bits per heavy atom. The van der Waals surface area contributed by atoms with E-state index in [0.717, 1.165) is 32.1 Å². The fourth-order valence-electron chi connectivity index (χ4n) is 9.47. The molecule has 6 rings (SSSR count). The summed E-state index contributed by atoms with van der Waals surface area (Å²) in [4.78, 5) is 2.52. The van der Waals surface area contributed by atoms with Gasteiger partial charge in [0.05, 0.1) is 24.4 Å². The minimum Gasteiger partial charge on any atom is -0.381 e. The molecule has 52 heavy (non-hydrogen) atoms. The molecule has 1 heterocycles. The smallest absolute Gasteiger partial charge is 0.0804 e. The van der Waals surface area contributed by atoms with Gasteiger partial charge in [-0.25, -0.2) is 0 Å². The van der Waals surface area contributed by atoms with Crippen LogP contribution in [0.5, 0.6) is 0 Å². The first-order chi connectivity index (χ1) is 25.0. The van der Waals surface area contributed by atoms with Crippen LogP contribution >= 0.6 is 0 Å². The average Bonchev–Trinajstić information content (AvgIpc) is 3.36. The Labute approximate surface area is 315 Å². The van der Waals surface area contributed by atoms with Gasteiger partial charge >= 0.3 is 0 Å². The number of likely N-dealkylation sites (N-methyl/N-ethyl adjacent to an activating group) is 1. The Balaban J connectivity index is 1.46. The molecule has 0 amide bonds. The Morgan fingerprint density at radius 3 is 2.06 bits per heavy atom. The number of nitrogens with zero attached hydrogens (tertiary/aromatic N) is 1. The summed E-state index contributed by atoms with van der Waals surface area (Å²) in [5, 5.41) is 0. The number of hydrogen-bond acceptors (Lipinski definition) is 3. The molecule has 0 fully saturated rings. The lowest BCUT2D eigenvalue weighted by Gasteiger charge is -2.39. The van der Waals surface area contributed by atoms with Crippen LogP contribution in [0.1, 0.15) is 137 Å². The summed E-state index contributed by atoms with van der Waals surface area (Å²) >= 11 is 0. The van der Waals surface area contributed by atoms with Crippen LogP contribution in [-0.4, -0.2) is 26.4 Å². The molecule has 0 N–H and O–H groups in total. The van der Waals surface area contributed by atoms with Crippen molar-refractivity contribution in [3.8, 4) is 11.1 Å². The molecule has 1 aliphatic carbocycles. The molecule has 3 nitrogen and oxygen atoms in total. The topological polar surface area (TPSA) is 21.7 Å². The molecular weight excluding hydrogens is 635 g/mol. The van der Waals surface area contributed by atoms with Crippen molar-refractivity contribution in [3.63, 3.8) is 0 Å². The van der Waals surface area contributed by atoms with Crippen LogP contribution in [0.25, 0.3) is 16.7 Å². The van der Waals surface area contributed by atoms with Gasteiger partial charge in [0.1, 0.15) is 0 Å². The van der Waals surface area contributed by atoms with Gasteiger partial charge in [-0.05, 0) is 95.3 Å². The maximum atomic E-state index is 7.26. The number of rotatable bonds is 14. The number of hydrogen-bond donors (Lipinski definition) is 0. The van der Waals surface area contributed by atoms with E-state index in [4.69, 9.17) is 9.47 Å². The van der Waals surface area contributed by atoms with E-state index >= 15 is 0 Å². The number of benzene rings is 4.